The molecule has 1 fully saturated rings. The molecule has 1 N–H and O–H groups in total. The summed E-state index contributed by atoms with van der Waals surface area (Å²) in [4.78, 5) is 31.1. The van der Waals surface area contributed by atoms with E-state index in [0.29, 0.717) is 17.8 Å². The fourth-order valence-corrected chi connectivity index (χ4v) is 4.34. The van der Waals surface area contributed by atoms with Gasteiger partial charge in [0, 0.05) is 55.0 Å². The number of hydrogen-bond donors (Lipinski definition) is 1. The number of nitrogens with zero attached hydrogens (tertiary/aromatic N) is 2. The highest BCUT2D eigenvalue weighted by molar-refractivity contribution is 5.95. The summed E-state index contributed by atoms with van der Waals surface area (Å²) < 4.78 is 0. The van der Waals surface area contributed by atoms with Crippen LogP contribution in [0.2, 0.25) is 0 Å². The van der Waals surface area contributed by atoms with E-state index in [4.69, 9.17) is 4.98 Å². The van der Waals surface area contributed by atoms with Gasteiger partial charge in [-0.05, 0) is 61.7 Å². The van der Waals surface area contributed by atoms with Gasteiger partial charge in [0.2, 0.25) is 5.91 Å². The van der Waals surface area contributed by atoms with Gasteiger partial charge in [0.05, 0.1) is 0 Å². The Kier molecular flexibility index (Phi) is 6.64. The highest BCUT2D eigenvalue weighted by Gasteiger charge is 2.26. The number of nitrogens with one attached hydrogen (secondary N) is 1. The first-order valence-electron chi connectivity index (χ1n) is 11.2. The van der Waals surface area contributed by atoms with E-state index in [1.807, 2.05) is 4.90 Å². The second kappa shape index (κ2) is 9.77. The maximum Gasteiger partial charge on any atom is 0.253 e. The summed E-state index contributed by atoms with van der Waals surface area (Å²) >= 11 is 0. The Hall–Kier alpha value is -3.47. The van der Waals surface area contributed by atoms with Gasteiger partial charge in [0.25, 0.3) is 5.91 Å². The van der Waals surface area contributed by atoms with Crippen molar-refractivity contribution in [3.63, 3.8) is 0 Å². The Morgan fingerprint density at radius 2 is 1.84 bits per heavy atom. The lowest BCUT2D eigenvalue weighted by molar-refractivity contribution is -0.114. The lowest BCUT2D eigenvalue weighted by atomic mass is 9.93. The van der Waals surface area contributed by atoms with Crippen LogP contribution < -0.4 is 5.32 Å². The summed E-state index contributed by atoms with van der Waals surface area (Å²) in [6.07, 6.45) is 2.81. The van der Waals surface area contributed by atoms with Crippen molar-refractivity contribution in [3.8, 4) is 0 Å². The molecule has 0 spiro atoms. The number of aryl methyl sites for hydroxylation is 1. The number of piperidine rings is 1. The zero-order valence-corrected chi connectivity index (χ0v) is 18.7. The Morgan fingerprint density at radius 1 is 1.06 bits per heavy atom. The van der Waals surface area contributed by atoms with Crippen molar-refractivity contribution in [3.05, 3.63) is 94.8 Å². The van der Waals surface area contributed by atoms with Crippen LogP contribution in [0, 0.1) is 6.92 Å². The fraction of sp³-hybridized carbons (Fsp3) is 0.296. The maximum absolute atomic E-state index is 13.1. The molecule has 1 aliphatic heterocycles. The maximum atomic E-state index is 13.1. The first-order chi connectivity index (χ1) is 15.5. The lowest BCUT2D eigenvalue weighted by Crippen LogP contribution is -2.39. The lowest BCUT2D eigenvalue weighted by Gasteiger charge is -2.32. The van der Waals surface area contributed by atoms with E-state index in [0.717, 1.165) is 37.2 Å². The van der Waals surface area contributed by atoms with Crippen molar-refractivity contribution in [2.75, 3.05) is 18.4 Å². The predicted octanol–water partition coefficient (Wildman–Crippen LogP) is 4.96. The van der Waals surface area contributed by atoms with E-state index in [-0.39, 0.29) is 17.7 Å². The average Bonchev–Trinajstić information content (AvgIpc) is 2.79. The molecule has 2 heterocycles. The van der Waals surface area contributed by atoms with Crippen LogP contribution in [0.25, 0.3) is 0 Å². The molecule has 0 aliphatic carbocycles. The van der Waals surface area contributed by atoms with Crippen LogP contribution in [0.15, 0.2) is 66.7 Å². The number of aromatic nitrogens is 1. The number of hydrogen-bond acceptors (Lipinski definition) is 3. The largest absolute Gasteiger partial charge is 0.338 e. The second-order valence-corrected chi connectivity index (χ2v) is 8.57. The molecule has 1 atom stereocenters. The highest BCUT2D eigenvalue weighted by atomic mass is 16.2. The molecule has 3 aromatic rings. The van der Waals surface area contributed by atoms with Crippen molar-refractivity contribution in [1.82, 2.24) is 9.88 Å². The first kappa shape index (κ1) is 21.8. The van der Waals surface area contributed by atoms with E-state index in [2.05, 4.69) is 54.7 Å². The molecule has 1 aromatic heterocycles. The molecule has 32 heavy (non-hydrogen) atoms. The third kappa shape index (κ3) is 5.41. The normalized spacial score (nSPS) is 15.9. The zero-order valence-electron chi connectivity index (χ0n) is 18.7. The number of carbonyl (C=O) groups is 2. The number of likely N-dealkylation sites (tertiary alicyclic amines) is 1. The van der Waals surface area contributed by atoms with E-state index < -0.39 is 0 Å². The summed E-state index contributed by atoms with van der Waals surface area (Å²) in [6, 6.07) is 21.9. The Balaban J connectivity index is 1.44. The monoisotopic (exact) mass is 427 g/mol. The summed E-state index contributed by atoms with van der Waals surface area (Å²) in [5, 5.41) is 2.73. The topological polar surface area (TPSA) is 62.3 Å². The van der Waals surface area contributed by atoms with Crippen LogP contribution in [0.5, 0.6) is 0 Å². The van der Waals surface area contributed by atoms with E-state index in [1.54, 1.807) is 24.3 Å². The molecule has 1 aliphatic rings. The third-order valence-electron chi connectivity index (χ3n) is 5.88. The number of carbonyl (C=O) groups excluding carboxylic acids is 2. The van der Waals surface area contributed by atoms with Gasteiger partial charge < -0.3 is 10.2 Å². The summed E-state index contributed by atoms with van der Waals surface area (Å²) in [7, 11) is 0. The quantitative estimate of drug-likeness (QED) is 0.626. The molecular formula is C27H29N3O2. The summed E-state index contributed by atoms with van der Waals surface area (Å²) in [5.74, 6) is 0.142. The molecular weight excluding hydrogens is 398 g/mol. The van der Waals surface area contributed by atoms with Gasteiger partial charge in [-0.2, -0.15) is 0 Å². The predicted molar refractivity (Wildman–Crippen MR) is 127 cm³/mol. The molecule has 0 radical (unpaired) electrons. The number of pyridine rings is 1. The smallest absolute Gasteiger partial charge is 0.253 e. The van der Waals surface area contributed by atoms with E-state index in [1.165, 1.54) is 18.1 Å². The molecule has 2 amide bonds. The van der Waals surface area contributed by atoms with Crippen molar-refractivity contribution in [1.29, 1.82) is 0 Å². The van der Waals surface area contributed by atoms with Gasteiger partial charge >= 0.3 is 0 Å². The Labute approximate surface area is 189 Å². The molecule has 164 valence electrons. The number of anilines is 1. The third-order valence-corrected chi connectivity index (χ3v) is 5.88. The molecule has 5 heteroatoms. The average molecular weight is 428 g/mol. The van der Waals surface area contributed by atoms with Crippen molar-refractivity contribution >= 4 is 17.5 Å². The second-order valence-electron chi connectivity index (χ2n) is 8.57. The zero-order chi connectivity index (χ0) is 22.5. The van der Waals surface area contributed by atoms with Gasteiger partial charge in [0.1, 0.15) is 0 Å². The van der Waals surface area contributed by atoms with Crippen LogP contribution in [-0.2, 0) is 11.2 Å². The van der Waals surface area contributed by atoms with Gasteiger partial charge in [-0.25, -0.2) is 0 Å². The first-order valence-corrected chi connectivity index (χ1v) is 11.2. The highest BCUT2D eigenvalue weighted by Crippen LogP contribution is 2.27. The summed E-state index contributed by atoms with van der Waals surface area (Å²) in [5.41, 5.74) is 5.97. The van der Waals surface area contributed by atoms with Crippen LogP contribution >= 0.6 is 0 Å². The Morgan fingerprint density at radius 3 is 2.59 bits per heavy atom. The molecule has 5 nitrogen and oxygen atoms in total. The molecule has 0 saturated carbocycles. The Bertz CT molecular complexity index is 1110. The standard InChI is InChI=1S/C27H29N3O2/c1-19-6-3-7-21(16-19)17-25-9-4-10-26(29-25)23-8-5-15-30(18-23)27(32)22-11-13-24(14-12-22)28-20(2)31/h3-4,6-7,9-14,16,23H,5,8,15,17-18H2,1-2H3,(H,28,31)/t23-/m1/s1. The SMILES string of the molecule is CC(=O)Nc1ccc(C(=O)N2CCC[C@@H](c3cccc(Cc4cccc(C)c4)n3)C2)cc1. The molecule has 2 aromatic carbocycles. The van der Waals surface area contributed by atoms with Crippen molar-refractivity contribution in [2.45, 2.75) is 39.0 Å². The summed E-state index contributed by atoms with van der Waals surface area (Å²) in [6.45, 7) is 5.00. The molecule has 0 unspecified atom stereocenters. The minimum Gasteiger partial charge on any atom is -0.338 e. The minimum absolute atomic E-state index is 0.0278. The van der Waals surface area contributed by atoms with Gasteiger partial charge in [-0.1, -0.05) is 35.9 Å². The van der Waals surface area contributed by atoms with Crippen LogP contribution in [0.1, 0.15) is 58.6 Å². The van der Waals surface area contributed by atoms with Gasteiger partial charge in [-0.15, -0.1) is 0 Å². The van der Waals surface area contributed by atoms with Crippen LogP contribution in [0.3, 0.4) is 0 Å². The van der Waals surface area contributed by atoms with Crippen LogP contribution in [0.4, 0.5) is 5.69 Å². The molecule has 0 bridgehead atoms. The van der Waals surface area contributed by atoms with Crippen LogP contribution in [-0.4, -0.2) is 34.8 Å². The molecule has 1 saturated heterocycles. The van der Waals surface area contributed by atoms with Gasteiger partial charge in [0.15, 0.2) is 0 Å². The van der Waals surface area contributed by atoms with E-state index >= 15 is 0 Å². The molecule has 4 rings (SSSR count). The van der Waals surface area contributed by atoms with Crippen molar-refractivity contribution in [2.24, 2.45) is 0 Å². The number of benzene rings is 2. The van der Waals surface area contributed by atoms with Crippen molar-refractivity contribution < 1.29 is 9.59 Å². The number of amides is 2. The minimum atomic E-state index is -0.125. The van der Waals surface area contributed by atoms with Gasteiger partial charge in [-0.3, -0.25) is 14.6 Å². The fourth-order valence-electron chi connectivity index (χ4n) is 4.34. The van der Waals surface area contributed by atoms with E-state index in [9.17, 15) is 9.59 Å². The number of rotatable bonds is 5.